The third-order valence-corrected chi connectivity index (χ3v) is 8.09. The van der Waals surface area contributed by atoms with Crippen LogP contribution in [-0.2, 0) is 32.9 Å². The van der Waals surface area contributed by atoms with Crippen LogP contribution in [0.5, 0.6) is 0 Å². The summed E-state index contributed by atoms with van der Waals surface area (Å²) in [6.45, 7) is 1.77. The maximum Gasteiger partial charge on any atom is 0.243 e. The summed E-state index contributed by atoms with van der Waals surface area (Å²) >= 11 is 0. The summed E-state index contributed by atoms with van der Waals surface area (Å²) in [5, 5.41) is 5.11. The lowest BCUT2D eigenvalue weighted by molar-refractivity contribution is 0.398. The largest absolute Gasteiger partial charge is 0.243 e. The van der Waals surface area contributed by atoms with E-state index in [4.69, 9.17) is 5.14 Å². The van der Waals surface area contributed by atoms with E-state index in [2.05, 4.69) is 0 Å². The Bertz CT molecular complexity index is 1050. The molecule has 2 aromatic rings. The van der Waals surface area contributed by atoms with Crippen LogP contribution in [0, 0.1) is 0 Å². The van der Waals surface area contributed by atoms with Gasteiger partial charge in [-0.2, -0.15) is 4.31 Å². The predicted molar refractivity (Wildman–Crippen MR) is 104 cm³/mol. The van der Waals surface area contributed by atoms with Crippen LogP contribution >= 0.6 is 0 Å². The van der Waals surface area contributed by atoms with Crippen LogP contribution in [0.2, 0.25) is 0 Å². The lowest BCUT2D eigenvalue weighted by Crippen LogP contribution is -2.30. The molecular formula is C19H24N2O4S2. The van der Waals surface area contributed by atoms with E-state index >= 15 is 0 Å². The van der Waals surface area contributed by atoms with Crippen LogP contribution in [0.25, 0.3) is 0 Å². The van der Waals surface area contributed by atoms with Gasteiger partial charge in [0.1, 0.15) is 0 Å². The zero-order chi connectivity index (χ0) is 19.8. The highest BCUT2D eigenvalue weighted by Crippen LogP contribution is 2.29. The van der Waals surface area contributed by atoms with Gasteiger partial charge in [0.25, 0.3) is 0 Å². The van der Waals surface area contributed by atoms with Gasteiger partial charge >= 0.3 is 0 Å². The summed E-state index contributed by atoms with van der Waals surface area (Å²) in [6.07, 6.45) is 4.13. The van der Waals surface area contributed by atoms with Crippen LogP contribution in [0.3, 0.4) is 0 Å². The SMILES string of the molecule is C[C@H](c1ccc(S(N)(=O)=O)cc1)N(C)S(=O)(=O)c1ccc2c(c1)CCCC2. The molecule has 146 valence electrons. The topological polar surface area (TPSA) is 97.5 Å². The van der Waals surface area contributed by atoms with Crippen LogP contribution in [-0.4, -0.2) is 28.2 Å². The molecule has 0 fully saturated rings. The van der Waals surface area contributed by atoms with Gasteiger partial charge in [-0.25, -0.2) is 22.0 Å². The fourth-order valence-corrected chi connectivity index (χ4v) is 5.31. The first-order chi connectivity index (χ1) is 12.6. The highest BCUT2D eigenvalue weighted by molar-refractivity contribution is 7.89. The third-order valence-electron chi connectivity index (χ3n) is 5.23. The van der Waals surface area contributed by atoms with Gasteiger partial charge in [-0.05, 0) is 73.6 Å². The van der Waals surface area contributed by atoms with E-state index in [1.807, 2.05) is 6.07 Å². The van der Waals surface area contributed by atoms with Gasteiger partial charge in [0.05, 0.1) is 9.79 Å². The molecule has 0 heterocycles. The number of hydrogen-bond donors (Lipinski definition) is 1. The monoisotopic (exact) mass is 408 g/mol. The fourth-order valence-electron chi connectivity index (χ4n) is 3.39. The average Bonchev–Trinajstić information content (AvgIpc) is 2.65. The summed E-state index contributed by atoms with van der Waals surface area (Å²) in [6, 6.07) is 10.9. The number of nitrogens with two attached hydrogens (primary N) is 1. The van der Waals surface area contributed by atoms with Crippen LogP contribution in [0.15, 0.2) is 52.3 Å². The van der Waals surface area contributed by atoms with Crippen molar-refractivity contribution in [2.45, 2.75) is 48.4 Å². The summed E-state index contributed by atoms with van der Waals surface area (Å²) < 4.78 is 50.2. The second kappa shape index (κ2) is 7.35. The molecular weight excluding hydrogens is 384 g/mol. The highest BCUT2D eigenvalue weighted by atomic mass is 32.2. The molecule has 0 aliphatic heterocycles. The average molecular weight is 409 g/mol. The molecule has 27 heavy (non-hydrogen) atoms. The van der Waals surface area contributed by atoms with Crippen molar-refractivity contribution in [3.63, 3.8) is 0 Å². The Labute approximate surface area is 161 Å². The Hall–Kier alpha value is -1.74. The lowest BCUT2D eigenvalue weighted by Gasteiger charge is -2.26. The molecule has 1 aliphatic rings. The van der Waals surface area contributed by atoms with E-state index in [1.54, 1.807) is 31.2 Å². The first-order valence-corrected chi connectivity index (χ1v) is 11.8. The Balaban J connectivity index is 1.88. The van der Waals surface area contributed by atoms with Crippen molar-refractivity contribution in [2.24, 2.45) is 5.14 Å². The zero-order valence-electron chi connectivity index (χ0n) is 15.4. The Morgan fingerprint density at radius 2 is 1.44 bits per heavy atom. The van der Waals surface area contributed by atoms with Gasteiger partial charge in [-0.15, -0.1) is 0 Å². The van der Waals surface area contributed by atoms with Gasteiger partial charge in [-0.1, -0.05) is 18.2 Å². The fraction of sp³-hybridized carbons (Fsp3) is 0.368. The maximum atomic E-state index is 13.1. The minimum Gasteiger partial charge on any atom is -0.225 e. The number of benzene rings is 2. The van der Waals surface area contributed by atoms with E-state index in [0.717, 1.165) is 31.2 Å². The molecule has 0 unspecified atom stereocenters. The number of sulfonamides is 2. The quantitative estimate of drug-likeness (QED) is 0.822. The smallest absolute Gasteiger partial charge is 0.225 e. The molecule has 3 rings (SSSR count). The third kappa shape index (κ3) is 4.08. The van der Waals surface area contributed by atoms with E-state index in [9.17, 15) is 16.8 Å². The van der Waals surface area contributed by atoms with E-state index < -0.39 is 26.1 Å². The molecule has 0 radical (unpaired) electrons. The maximum absolute atomic E-state index is 13.1. The molecule has 0 amide bonds. The van der Waals surface area contributed by atoms with Crippen molar-refractivity contribution in [2.75, 3.05) is 7.05 Å². The molecule has 8 heteroatoms. The zero-order valence-corrected chi connectivity index (χ0v) is 17.1. The van der Waals surface area contributed by atoms with Gasteiger partial charge in [-0.3, -0.25) is 0 Å². The minimum absolute atomic E-state index is 0.00125. The van der Waals surface area contributed by atoms with Crippen molar-refractivity contribution in [1.82, 2.24) is 4.31 Å². The minimum atomic E-state index is -3.78. The van der Waals surface area contributed by atoms with Crippen molar-refractivity contribution in [3.05, 3.63) is 59.2 Å². The second-order valence-corrected chi connectivity index (χ2v) is 10.5. The molecule has 0 spiro atoms. The second-order valence-electron chi connectivity index (χ2n) is 6.95. The number of primary sulfonamides is 1. The lowest BCUT2D eigenvalue weighted by atomic mass is 9.92. The van der Waals surface area contributed by atoms with E-state index in [0.29, 0.717) is 10.5 Å². The van der Waals surface area contributed by atoms with Gasteiger partial charge in [0.15, 0.2) is 0 Å². The highest BCUT2D eigenvalue weighted by Gasteiger charge is 2.27. The van der Waals surface area contributed by atoms with E-state index in [-0.39, 0.29) is 4.90 Å². The van der Waals surface area contributed by atoms with Crippen LogP contribution in [0.4, 0.5) is 0 Å². The number of fused-ring (bicyclic) bond motifs is 1. The molecule has 2 aromatic carbocycles. The predicted octanol–water partition coefficient (Wildman–Crippen LogP) is 2.59. The van der Waals surface area contributed by atoms with Crippen molar-refractivity contribution >= 4 is 20.0 Å². The Kier molecular flexibility index (Phi) is 5.45. The molecule has 0 aromatic heterocycles. The molecule has 0 saturated heterocycles. The van der Waals surface area contributed by atoms with Crippen molar-refractivity contribution in [3.8, 4) is 0 Å². The van der Waals surface area contributed by atoms with Crippen molar-refractivity contribution < 1.29 is 16.8 Å². The normalized spacial score (nSPS) is 16.1. The number of hydrogen-bond acceptors (Lipinski definition) is 4. The van der Waals surface area contributed by atoms with Crippen LogP contribution in [0.1, 0.15) is 42.5 Å². The van der Waals surface area contributed by atoms with Gasteiger partial charge in [0.2, 0.25) is 20.0 Å². The van der Waals surface area contributed by atoms with Gasteiger partial charge < -0.3 is 0 Å². The summed E-state index contributed by atoms with van der Waals surface area (Å²) in [5.41, 5.74) is 3.03. The molecule has 2 N–H and O–H groups in total. The summed E-state index contributed by atoms with van der Waals surface area (Å²) in [4.78, 5) is 0.289. The number of nitrogens with zero attached hydrogens (tertiary/aromatic N) is 1. The van der Waals surface area contributed by atoms with E-state index in [1.165, 1.54) is 29.0 Å². The molecule has 6 nitrogen and oxygen atoms in total. The molecule has 1 atom stereocenters. The molecule has 1 aliphatic carbocycles. The number of aryl methyl sites for hydroxylation is 2. The van der Waals surface area contributed by atoms with Crippen LogP contribution < -0.4 is 5.14 Å². The summed E-state index contributed by atoms with van der Waals surface area (Å²) in [5.74, 6) is 0. The molecule has 0 bridgehead atoms. The standard InChI is InChI=1S/C19H24N2O4S2/c1-14(15-7-10-18(11-8-15)26(20,22)23)21(2)27(24,25)19-12-9-16-5-3-4-6-17(16)13-19/h7-14H,3-6H2,1-2H3,(H2,20,22,23)/t14-/m1/s1. The molecule has 0 saturated carbocycles. The van der Waals surface area contributed by atoms with Crippen molar-refractivity contribution in [1.29, 1.82) is 0 Å². The van der Waals surface area contributed by atoms with Gasteiger partial charge in [0, 0.05) is 13.1 Å². The summed E-state index contributed by atoms with van der Waals surface area (Å²) in [7, 11) is -5.91. The first kappa shape index (κ1) is 20.0. The first-order valence-electron chi connectivity index (χ1n) is 8.83. The Morgan fingerprint density at radius 3 is 2.04 bits per heavy atom. The Morgan fingerprint density at radius 1 is 0.889 bits per heavy atom. The number of rotatable bonds is 5.